The van der Waals surface area contributed by atoms with Gasteiger partial charge in [-0.3, -0.25) is 4.79 Å². The average molecular weight is 288 g/mol. The average Bonchev–Trinajstić information content (AvgIpc) is 2.93. The number of aryl methyl sites for hydroxylation is 1. The van der Waals surface area contributed by atoms with Crippen LogP contribution in [0.25, 0.3) is 0 Å². The van der Waals surface area contributed by atoms with E-state index in [1.54, 1.807) is 28.4 Å². The molecule has 106 valence electrons. The molecule has 0 saturated heterocycles. The Morgan fingerprint density at radius 3 is 2.75 bits per heavy atom. The smallest absolute Gasteiger partial charge is 0.253 e. The summed E-state index contributed by atoms with van der Waals surface area (Å²) in [7, 11) is 1.85. The molecule has 0 saturated carbocycles. The molecule has 0 bridgehead atoms. The topological polar surface area (TPSA) is 46.3 Å². The Morgan fingerprint density at radius 2 is 2.15 bits per heavy atom. The van der Waals surface area contributed by atoms with Gasteiger partial charge < -0.3 is 10.6 Å². The molecule has 0 aliphatic rings. The van der Waals surface area contributed by atoms with Gasteiger partial charge in [0.25, 0.3) is 5.91 Å². The van der Waals surface area contributed by atoms with Crippen molar-refractivity contribution in [2.24, 2.45) is 0 Å². The largest absolute Gasteiger partial charge is 0.399 e. The molecule has 4 heteroatoms. The second kappa shape index (κ2) is 6.09. The van der Waals surface area contributed by atoms with Gasteiger partial charge in [0.05, 0.1) is 0 Å². The number of rotatable bonds is 4. The molecule has 1 atom stereocenters. The van der Waals surface area contributed by atoms with Crippen LogP contribution >= 0.6 is 11.3 Å². The summed E-state index contributed by atoms with van der Waals surface area (Å²) in [6.45, 7) is 3.99. The lowest BCUT2D eigenvalue weighted by Crippen LogP contribution is -2.36. The minimum absolute atomic E-state index is 0.0390. The van der Waals surface area contributed by atoms with E-state index in [2.05, 4.69) is 18.4 Å². The van der Waals surface area contributed by atoms with Crippen molar-refractivity contribution >= 4 is 22.9 Å². The van der Waals surface area contributed by atoms with E-state index >= 15 is 0 Å². The molecule has 2 N–H and O–H groups in total. The van der Waals surface area contributed by atoms with Crippen LogP contribution in [-0.4, -0.2) is 23.9 Å². The maximum absolute atomic E-state index is 12.5. The number of anilines is 1. The summed E-state index contributed by atoms with van der Waals surface area (Å²) in [5.41, 5.74) is 8.14. The SMILES string of the molecule is Cc1cc(C(=O)N(C)C(C)Cc2cccs2)ccc1N. The van der Waals surface area contributed by atoms with E-state index in [-0.39, 0.29) is 11.9 Å². The minimum atomic E-state index is 0.0390. The third kappa shape index (κ3) is 3.20. The van der Waals surface area contributed by atoms with E-state index in [4.69, 9.17) is 5.73 Å². The summed E-state index contributed by atoms with van der Waals surface area (Å²) in [5, 5.41) is 2.06. The van der Waals surface area contributed by atoms with Crippen LogP contribution in [0.5, 0.6) is 0 Å². The monoisotopic (exact) mass is 288 g/mol. The van der Waals surface area contributed by atoms with E-state index in [0.717, 1.165) is 17.7 Å². The summed E-state index contributed by atoms with van der Waals surface area (Å²) in [6, 6.07) is 9.75. The van der Waals surface area contributed by atoms with Crippen molar-refractivity contribution < 1.29 is 4.79 Å². The molecule has 20 heavy (non-hydrogen) atoms. The van der Waals surface area contributed by atoms with Gasteiger partial charge >= 0.3 is 0 Å². The van der Waals surface area contributed by atoms with Gasteiger partial charge in [-0.15, -0.1) is 11.3 Å². The third-order valence-electron chi connectivity index (χ3n) is 3.57. The molecule has 0 fully saturated rings. The molecule has 1 heterocycles. The highest BCUT2D eigenvalue weighted by atomic mass is 32.1. The van der Waals surface area contributed by atoms with Crippen molar-refractivity contribution in [3.8, 4) is 0 Å². The number of carbonyl (C=O) groups is 1. The van der Waals surface area contributed by atoms with E-state index < -0.39 is 0 Å². The van der Waals surface area contributed by atoms with Gasteiger partial charge in [0.15, 0.2) is 0 Å². The lowest BCUT2D eigenvalue weighted by Gasteiger charge is -2.25. The molecule has 0 spiro atoms. The maximum Gasteiger partial charge on any atom is 0.253 e. The van der Waals surface area contributed by atoms with Crippen LogP contribution in [0.2, 0.25) is 0 Å². The fourth-order valence-corrected chi connectivity index (χ4v) is 2.90. The van der Waals surface area contributed by atoms with Gasteiger partial charge in [0.1, 0.15) is 0 Å². The van der Waals surface area contributed by atoms with Crippen LogP contribution < -0.4 is 5.73 Å². The number of nitrogen functional groups attached to an aromatic ring is 1. The number of likely N-dealkylation sites (N-methyl/N-ethyl adjacent to an activating group) is 1. The van der Waals surface area contributed by atoms with Gasteiger partial charge in [0, 0.05) is 35.6 Å². The summed E-state index contributed by atoms with van der Waals surface area (Å²) >= 11 is 1.73. The Kier molecular flexibility index (Phi) is 4.45. The molecular weight excluding hydrogens is 268 g/mol. The second-order valence-electron chi connectivity index (χ2n) is 5.12. The normalized spacial score (nSPS) is 12.2. The first-order valence-electron chi connectivity index (χ1n) is 6.64. The Morgan fingerprint density at radius 1 is 1.40 bits per heavy atom. The predicted molar refractivity (Wildman–Crippen MR) is 85.2 cm³/mol. The van der Waals surface area contributed by atoms with Crippen LogP contribution in [0.4, 0.5) is 5.69 Å². The molecule has 0 aliphatic heterocycles. The molecule has 0 aliphatic carbocycles. The van der Waals surface area contributed by atoms with E-state index in [0.29, 0.717) is 5.56 Å². The molecule has 3 nitrogen and oxygen atoms in total. The number of amides is 1. The number of nitrogens with zero attached hydrogens (tertiary/aromatic N) is 1. The molecule has 2 aromatic rings. The quantitative estimate of drug-likeness (QED) is 0.877. The number of carbonyl (C=O) groups excluding carboxylic acids is 1. The highest BCUT2D eigenvalue weighted by Crippen LogP contribution is 2.17. The molecule has 1 aromatic heterocycles. The third-order valence-corrected chi connectivity index (χ3v) is 4.47. The first kappa shape index (κ1) is 14.6. The van der Waals surface area contributed by atoms with Crippen molar-refractivity contribution in [3.63, 3.8) is 0 Å². The van der Waals surface area contributed by atoms with Crippen molar-refractivity contribution in [1.82, 2.24) is 4.90 Å². The Bertz CT molecular complexity index is 593. The highest BCUT2D eigenvalue weighted by Gasteiger charge is 2.18. The Labute approximate surface area is 124 Å². The maximum atomic E-state index is 12.5. The number of hydrogen-bond donors (Lipinski definition) is 1. The first-order chi connectivity index (χ1) is 9.49. The zero-order valence-corrected chi connectivity index (χ0v) is 12.9. The zero-order valence-electron chi connectivity index (χ0n) is 12.1. The summed E-state index contributed by atoms with van der Waals surface area (Å²) in [4.78, 5) is 15.6. The van der Waals surface area contributed by atoms with Gasteiger partial charge in [0.2, 0.25) is 0 Å². The molecule has 0 radical (unpaired) electrons. The Hall–Kier alpha value is -1.81. The summed E-state index contributed by atoms with van der Waals surface area (Å²) < 4.78 is 0. The fourth-order valence-electron chi connectivity index (χ4n) is 2.07. The lowest BCUT2D eigenvalue weighted by molar-refractivity contribution is 0.0744. The number of benzene rings is 1. The van der Waals surface area contributed by atoms with Crippen LogP contribution in [0.3, 0.4) is 0 Å². The van der Waals surface area contributed by atoms with Crippen molar-refractivity contribution in [2.75, 3.05) is 12.8 Å². The standard InChI is InChI=1S/C16H20N2OS/c1-11-9-13(6-7-15(11)17)16(19)18(3)12(2)10-14-5-4-8-20-14/h4-9,12H,10,17H2,1-3H3. The zero-order chi connectivity index (χ0) is 14.7. The van der Waals surface area contributed by atoms with Crippen molar-refractivity contribution in [3.05, 3.63) is 51.7 Å². The second-order valence-corrected chi connectivity index (χ2v) is 6.15. The number of nitrogens with two attached hydrogens (primary N) is 1. The van der Waals surface area contributed by atoms with Gasteiger partial charge in [-0.25, -0.2) is 0 Å². The van der Waals surface area contributed by atoms with Crippen LogP contribution in [0.1, 0.15) is 27.7 Å². The molecule has 1 amide bonds. The van der Waals surface area contributed by atoms with Crippen LogP contribution in [-0.2, 0) is 6.42 Å². The van der Waals surface area contributed by atoms with Gasteiger partial charge in [-0.05, 0) is 49.1 Å². The number of hydrogen-bond acceptors (Lipinski definition) is 3. The van der Waals surface area contributed by atoms with E-state index in [1.165, 1.54) is 4.88 Å². The van der Waals surface area contributed by atoms with Gasteiger partial charge in [-0.1, -0.05) is 6.07 Å². The summed E-state index contributed by atoms with van der Waals surface area (Å²) in [6.07, 6.45) is 0.883. The fraction of sp³-hybridized carbons (Fsp3) is 0.312. The van der Waals surface area contributed by atoms with Crippen molar-refractivity contribution in [2.45, 2.75) is 26.3 Å². The van der Waals surface area contributed by atoms with E-state index in [9.17, 15) is 4.79 Å². The Balaban J connectivity index is 2.09. The van der Waals surface area contributed by atoms with Crippen molar-refractivity contribution in [1.29, 1.82) is 0 Å². The molecule has 1 aromatic carbocycles. The van der Waals surface area contributed by atoms with Crippen LogP contribution in [0, 0.1) is 6.92 Å². The predicted octanol–water partition coefficient (Wildman–Crippen LogP) is 3.34. The molecule has 1 unspecified atom stereocenters. The first-order valence-corrected chi connectivity index (χ1v) is 7.52. The summed E-state index contributed by atoms with van der Waals surface area (Å²) in [5.74, 6) is 0.0390. The van der Waals surface area contributed by atoms with E-state index in [1.807, 2.05) is 26.1 Å². The molecular formula is C16H20N2OS. The minimum Gasteiger partial charge on any atom is -0.399 e. The molecule has 2 rings (SSSR count). The van der Waals surface area contributed by atoms with Crippen LogP contribution in [0.15, 0.2) is 35.7 Å². The lowest BCUT2D eigenvalue weighted by atomic mass is 10.1. The van der Waals surface area contributed by atoms with Gasteiger partial charge in [-0.2, -0.15) is 0 Å². The number of thiophene rings is 1. The highest BCUT2D eigenvalue weighted by molar-refractivity contribution is 7.09.